The van der Waals surface area contributed by atoms with Gasteiger partial charge in [-0.05, 0) is 24.3 Å². The van der Waals surface area contributed by atoms with Crippen molar-refractivity contribution in [2.45, 2.75) is 0 Å². The van der Waals surface area contributed by atoms with E-state index in [1.54, 1.807) is 12.1 Å². The summed E-state index contributed by atoms with van der Waals surface area (Å²) in [6, 6.07) is 7.21. The normalized spacial score (nSPS) is 11.2. The van der Waals surface area contributed by atoms with Gasteiger partial charge in [-0.15, -0.1) is 11.3 Å². The number of amides is 3. The third kappa shape index (κ3) is 7.06. The van der Waals surface area contributed by atoms with Crippen LogP contribution in [0.4, 0.5) is 30.2 Å². The van der Waals surface area contributed by atoms with Gasteiger partial charge in [0.25, 0.3) is 16.0 Å². The number of carbonyl (C=O) groups excluding carboxylic acids is 2. The second kappa shape index (κ2) is 11.9. The number of thiazole rings is 2. The van der Waals surface area contributed by atoms with Gasteiger partial charge in [0.1, 0.15) is 33.1 Å². The van der Waals surface area contributed by atoms with Crippen LogP contribution in [0.5, 0.6) is 5.75 Å². The minimum atomic E-state index is -4.24. The van der Waals surface area contributed by atoms with Crippen molar-refractivity contribution in [3.63, 3.8) is 0 Å². The zero-order valence-electron chi connectivity index (χ0n) is 20.4. The molecule has 2 aromatic heterocycles. The van der Waals surface area contributed by atoms with Crippen molar-refractivity contribution in [2.24, 2.45) is 0 Å². The Hall–Kier alpha value is -4.19. The van der Waals surface area contributed by atoms with Crippen LogP contribution in [-0.2, 0) is 10.1 Å². The molecule has 0 saturated carbocycles. The Morgan fingerprint density at radius 1 is 1.12 bits per heavy atom. The molecule has 0 saturated heterocycles. The summed E-state index contributed by atoms with van der Waals surface area (Å²) in [5.74, 6) is -2.74. The average molecular weight is 611 g/mol. The Kier molecular flexibility index (Phi) is 8.58. The molecule has 4 aromatic rings. The maximum atomic E-state index is 14.7. The zero-order chi connectivity index (χ0) is 29.0. The number of ether oxygens (including phenoxy) is 1. The van der Waals surface area contributed by atoms with Gasteiger partial charge in [-0.25, -0.2) is 23.5 Å². The summed E-state index contributed by atoms with van der Waals surface area (Å²) in [6.45, 7) is -0.334. The Morgan fingerprint density at radius 3 is 2.62 bits per heavy atom. The summed E-state index contributed by atoms with van der Waals surface area (Å²) in [5.41, 5.74) is 5.96. The molecule has 0 bridgehead atoms. The number of methoxy groups -OCH3 is 1. The summed E-state index contributed by atoms with van der Waals surface area (Å²) in [7, 11) is -2.80. The highest BCUT2D eigenvalue weighted by molar-refractivity contribution is 7.85. The van der Waals surface area contributed by atoms with E-state index in [9.17, 15) is 26.8 Å². The van der Waals surface area contributed by atoms with Gasteiger partial charge < -0.3 is 21.1 Å². The Bertz CT molecular complexity index is 1690. The average Bonchev–Trinajstić information content (AvgIpc) is 3.51. The number of nitrogens with one attached hydrogen (secondary N) is 3. The molecule has 40 heavy (non-hydrogen) atoms. The number of hydrogen-bond acceptors (Lipinski definition) is 10. The molecule has 0 aliphatic heterocycles. The van der Waals surface area contributed by atoms with Crippen molar-refractivity contribution in [2.75, 3.05) is 35.8 Å². The second-order valence-corrected chi connectivity index (χ2v) is 11.4. The van der Waals surface area contributed by atoms with Crippen LogP contribution < -0.4 is 26.4 Å². The second-order valence-electron chi connectivity index (χ2n) is 7.94. The minimum Gasteiger partial charge on any atom is -0.497 e. The van der Waals surface area contributed by atoms with Crippen LogP contribution in [0.2, 0.25) is 0 Å². The molecule has 0 spiro atoms. The lowest BCUT2D eigenvalue weighted by molar-refractivity contribution is 0.102. The zero-order valence-corrected chi connectivity index (χ0v) is 22.8. The smallest absolute Gasteiger partial charge is 0.321 e. The maximum Gasteiger partial charge on any atom is 0.321 e. The molecule has 6 N–H and O–H groups in total. The highest BCUT2D eigenvalue weighted by Crippen LogP contribution is 2.39. The molecule has 0 atom stereocenters. The first-order valence-corrected chi connectivity index (χ1v) is 14.4. The molecule has 12 nitrogen and oxygen atoms in total. The van der Waals surface area contributed by atoms with Crippen LogP contribution in [-0.4, -0.2) is 54.3 Å². The molecule has 0 radical (unpaired) electrons. The van der Waals surface area contributed by atoms with E-state index in [0.29, 0.717) is 21.7 Å². The van der Waals surface area contributed by atoms with Crippen molar-refractivity contribution in [3.8, 4) is 26.9 Å². The number of nitrogens with two attached hydrogens (primary N) is 1. The molecule has 0 unspecified atom stereocenters. The summed E-state index contributed by atoms with van der Waals surface area (Å²) in [5, 5.41) is 8.96. The van der Waals surface area contributed by atoms with Crippen LogP contribution in [0, 0.1) is 11.6 Å². The first-order valence-electron chi connectivity index (χ1n) is 11.1. The van der Waals surface area contributed by atoms with Crippen molar-refractivity contribution in [1.82, 2.24) is 15.3 Å². The number of urea groups is 1. The Balaban J connectivity index is 1.51. The summed E-state index contributed by atoms with van der Waals surface area (Å²) < 4.78 is 64.6. The predicted molar refractivity (Wildman–Crippen MR) is 147 cm³/mol. The fourth-order valence-electron chi connectivity index (χ4n) is 3.28. The molecule has 4 rings (SSSR count). The van der Waals surface area contributed by atoms with E-state index in [0.717, 1.165) is 28.7 Å². The summed E-state index contributed by atoms with van der Waals surface area (Å²) in [6.07, 6.45) is 0. The van der Waals surface area contributed by atoms with Gasteiger partial charge >= 0.3 is 6.03 Å². The number of nitrogen functional groups attached to an aromatic ring is 1. The van der Waals surface area contributed by atoms with Crippen molar-refractivity contribution < 1.29 is 36.1 Å². The van der Waals surface area contributed by atoms with E-state index in [1.807, 2.05) is 0 Å². The van der Waals surface area contributed by atoms with Crippen LogP contribution in [0.25, 0.3) is 21.1 Å². The van der Waals surface area contributed by atoms with E-state index in [-0.39, 0.29) is 40.0 Å². The number of carbonyl (C=O) groups is 2. The lowest BCUT2D eigenvalue weighted by Gasteiger charge is -2.10. The van der Waals surface area contributed by atoms with Gasteiger partial charge in [0.15, 0.2) is 5.13 Å². The third-order valence-electron chi connectivity index (χ3n) is 5.13. The van der Waals surface area contributed by atoms with E-state index in [4.69, 9.17) is 15.0 Å². The fourth-order valence-corrected chi connectivity index (χ4v) is 5.43. The molecule has 0 aliphatic carbocycles. The Labute approximate surface area is 234 Å². The fraction of sp³-hybridized carbons (Fsp3) is 0.130. The van der Waals surface area contributed by atoms with Crippen LogP contribution in [0.15, 0.2) is 41.8 Å². The lowest BCUT2D eigenvalue weighted by atomic mass is 10.1. The standard InChI is InChI=1S/C23H20F2N6O6S3/c1-37-12-4-2-3-11(7-12)20(32)28-16-8-13(14(24)9-15(16)25)17-10-38-21(29-17)18-19(26)30-23(39-18)31-22(33)27-5-6-40(34,35)36/h2-4,7-10H,5-6,26H2,1H3,(H,28,32)(H,34,35,36)(H2,27,30,31,33). The van der Waals surface area contributed by atoms with Crippen molar-refractivity contribution in [3.05, 3.63) is 59.0 Å². The van der Waals surface area contributed by atoms with Crippen LogP contribution >= 0.6 is 22.7 Å². The highest BCUT2D eigenvalue weighted by atomic mass is 32.2. The first kappa shape index (κ1) is 28.8. The molecule has 2 heterocycles. The molecule has 210 valence electrons. The number of halogens is 2. The van der Waals surface area contributed by atoms with Gasteiger partial charge in [-0.2, -0.15) is 8.42 Å². The third-order valence-corrected chi connectivity index (χ3v) is 7.83. The van der Waals surface area contributed by atoms with E-state index in [1.165, 1.54) is 24.6 Å². The van der Waals surface area contributed by atoms with Crippen LogP contribution in [0.3, 0.4) is 0 Å². The number of hydrogen-bond donors (Lipinski definition) is 5. The Morgan fingerprint density at radius 2 is 1.90 bits per heavy atom. The SMILES string of the molecule is COc1cccc(C(=O)Nc2cc(-c3csc(-c4sc(NC(=O)NCCS(=O)(=O)O)nc4N)n3)c(F)cc2F)c1. The molecule has 0 aliphatic rings. The largest absolute Gasteiger partial charge is 0.497 e. The predicted octanol–water partition coefficient (Wildman–Crippen LogP) is 4.06. The summed E-state index contributed by atoms with van der Waals surface area (Å²) in [4.78, 5) is 33.3. The molecular weight excluding hydrogens is 590 g/mol. The monoisotopic (exact) mass is 610 g/mol. The number of aromatic nitrogens is 2. The molecular formula is C23H20F2N6O6S3. The topological polar surface area (TPSA) is 186 Å². The number of anilines is 3. The number of nitrogens with zero attached hydrogens (tertiary/aromatic N) is 2. The van der Waals surface area contributed by atoms with Gasteiger partial charge in [-0.1, -0.05) is 17.4 Å². The highest BCUT2D eigenvalue weighted by Gasteiger charge is 2.20. The summed E-state index contributed by atoms with van der Waals surface area (Å²) >= 11 is 2.05. The van der Waals surface area contributed by atoms with E-state index in [2.05, 4.69) is 25.9 Å². The van der Waals surface area contributed by atoms with Gasteiger partial charge in [0, 0.05) is 29.1 Å². The number of benzene rings is 2. The van der Waals surface area contributed by atoms with Gasteiger partial charge in [-0.3, -0.25) is 14.7 Å². The maximum absolute atomic E-state index is 14.7. The molecule has 0 fully saturated rings. The minimum absolute atomic E-state index is 0.0185. The molecule has 17 heteroatoms. The quantitative estimate of drug-likeness (QED) is 0.174. The van der Waals surface area contributed by atoms with Gasteiger partial charge in [0.05, 0.1) is 24.2 Å². The molecule has 2 aromatic carbocycles. The van der Waals surface area contributed by atoms with E-state index < -0.39 is 39.4 Å². The van der Waals surface area contributed by atoms with Crippen LogP contribution in [0.1, 0.15) is 10.4 Å². The lowest BCUT2D eigenvalue weighted by Crippen LogP contribution is -2.32. The van der Waals surface area contributed by atoms with Gasteiger partial charge in [0.2, 0.25) is 0 Å². The first-order chi connectivity index (χ1) is 18.9. The number of rotatable bonds is 9. The van der Waals surface area contributed by atoms with E-state index >= 15 is 0 Å². The van der Waals surface area contributed by atoms with Crippen molar-refractivity contribution >= 4 is 61.4 Å². The molecule has 3 amide bonds. The van der Waals surface area contributed by atoms with Crippen molar-refractivity contribution in [1.29, 1.82) is 0 Å².